The first-order chi connectivity index (χ1) is 13.8. The number of ether oxygens (including phenoxy) is 1. The van der Waals surface area contributed by atoms with E-state index in [1.807, 2.05) is 48.7 Å². The molecule has 0 aliphatic rings. The lowest BCUT2D eigenvalue weighted by atomic mass is 10.0. The SMILES string of the molecule is Cc1c(CN=Cc2ccc(OCc3ccccc3)cc2)ccc2ccccc12. The molecule has 0 unspecified atom stereocenters. The molecule has 0 bridgehead atoms. The minimum atomic E-state index is 0.579. The third-order valence-electron chi connectivity index (χ3n) is 4.94. The second-order valence-electron chi connectivity index (χ2n) is 6.88. The molecular weight excluding hydrogens is 342 g/mol. The van der Waals surface area contributed by atoms with Crippen LogP contribution in [0.25, 0.3) is 10.8 Å². The van der Waals surface area contributed by atoms with Crippen LogP contribution in [0.15, 0.2) is 96.0 Å². The number of aliphatic imine (C=N–C) groups is 1. The van der Waals surface area contributed by atoms with Gasteiger partial charge in [0.25, 0.3) is 0 Å². The summed E-state index contributed by atoms with van der Waals surface area (Å²) in [7, 11) is 0. The van der Waals surface area contributed by atoms with Crippen LogP contribution in [0.3, 0.4) is 0 Å². The summed E-state index contributed by atoms with van der Waals surface area (Å²) < 4.78 is 5.83. The van der Waals surface area contributed by atoms with Gasteiger partial charge in [0.05, 0.1) is 6.54 Å². The van der Waals surface area contributed by atoms with E-state index >= 15 is 0 Å². The van der Waals surface area contributed by atoms with Crippen molar-refractivity contribution >= 4 is 17.0 Å². The zero-order valence-corrected chi connectivity index (χ0v) is 16.0. The third kappa shape index (κ3) is 4.29. The maximum absolute atomic E-state index is 5.83. The molecule has 0 radical (unpaired) electrons. The van der Waals surface area contributed by atoms with E-state index in [1.165, 1.54) is 27.5 Å². The van der Waals surface area contributed by atoms with Gasteiger partial charge in [0.15, 0.2) is 0 Å². The van der Waals surface area contributed by atoms with Crippen LogP contribution in [0, 0.1) is 6.92 Å². The highest BCUT2D eigenvalue weighted by Crippen LogP contribution is 2.22. The Morgan fingerprint density at radius 3 is 2.36 bits per heavy atom. The average molecular weight is 365 g/mol. The molecule has 0 N–H and O–H groups in total. The molecule has 28 heavy (non-hydrogen) atoms. The van der Waals surface area contributed by atoms with Gasteiger partial charge in [0.2, 0.25) is 0 Å². The number of nitrogens with zero attached hydrogens (tertiary/aromatic N) is 1. The van der Waals surface area contributed by atoms with Crippen LogP contribution in [0.2, 0.25) is 0 Å². The Bertz CT molecular complexity index is 1080. The molecule has 138 valence electrons. The van der Waals surface area contributed by atoms with E-state index in [0.29, 0.717) is 13.2 Å². The smallest absolute Gasteiger partial charge is 0.119 e. The standard InChI is InChI=1S/C26H23NO/c1-20-24(14-13-23-9-5-6-10-26(20)23)18-27-17-21-11-15-25(16-12-21)28-19-22-7-3-2-4-8-22/h2-17H,18-19H2,1H3. The van der Waals surface area contributed by atoms with Gasteiger partial charge in [-0.05, 0) is 64.2 Å². The Morgan fingerprint density at radius 1 is 0.786 bits per heavy atom. The second kappa shape index (κ2) is 8.53. The Morgan fingerprint density at radius 2 is 1.54 bits per heavy atom. The lowest BCUT2D eigenvalue weighted by molar-refractivity contribution is 0.306. The number of rotatable bonds is 6. The van der Waals surface area contributed by atoms with Crippen molar-refractivity contribution in [1.82, 2.24) is 0 Å². The number of hydrogen-bond acceptors (Lipinski definition) is 2. The Kier molecular flexibility index (Phi) is 5.48. The number of benzene rings is 4. The minimum Gasteiger partial charge on any atom is -0.489 e. The van der Waals surface area contributed by atoms with E-state index in [9.17, 15) is 0 Å². The molecule has 2 heteroatoms. The largest absolute Gasteiger partial charge is 0.489 e. The molecule has 0 heterocycles. The summed E-state index contributed by atoms with van der Waals surface area (Å²) >= 11 is 0. The summed E-state index contributed by atoms with van der Waals surface area (Å²) in [6.45, 7) is 3.44. The normalized spacial score (nSPS) is 11.2. The fraction of sp³-hybridized carbons (Fsp3) is 0.115. The zero-order valence-electron chi connectivity index (χ0n) is 16.0. The number of hydrogen-bond donors (Lipinski definition) is 0. The van der Waals surface area contributed by atoms with Crippen LogP contribution in [-0.4, -0.2) is 6.21 Å². The van der Waals surface area contributed by atoms with Gasteiger partial charge in [-0.3, -0.25) is 4.99 Å². The van der Waals surface area contributed by atoms with E-state index in [1.54, 1.807) is 0 Å². The fourth-order valence-electron chi connectivity index (χ4n) is 3.28. The van der Waals surface area contributed by atoms with Gasteiger partial charge in [-0.25, -0.2) is 0 Å². The lowest BCUT2D eigenvalue weighted by Gasteiger charge is -2.07. The summed E-state index contributed by atoms with van der Waals surface area (Å²) in [6.07, 6.45) is 1.93. The van der Waals surface area contributed by atoms with Crippen LogP contribution in [0.5, 0.6) is 5.75 Å². The van der Waals surface area contributed by atoms with Gasteiger partial charge < -0.3 is 4.74 Å². The van der Waals surface area contributed by atoms with E-state index in [-0.39, 0.29) is 0 Å². The predicted octanol–water partition coefficient (Wildman–Crippen LogP) is 6.35. The number of aryl methyl sites for hydroxylation is 1. The Balaban J connectivity index is 1.38. The molecule has 0 aliphatic carbocycles. The number of fused-ring (bicyclic) bond motifs is 1. The molecule has 0 atom stereocenters. The van der Waals surface area contributed by atoms with E-state index in [2.05, 4.69) is 60.4 Å². The van der Waals surface area contributed by atoms with Gasteiger partial charge in [-0.1, -0.05) is 66.7 Å². The van der Waals surface area contributed by atoms with Crippen LogP contribution in [0.4, 0.5) is 0 Å². The van der Waals surface area contributed by atoms with Gasteiger partial charge in [-0.15, -0.1) is 0 Å². The Hall–Kier alpha value is -3.39. The first-order valence-electron chi connectivity index (χ1n) is 9.53. The van der Waals surface area contributed by atoms with Crippen molar-refractivity contribution in [2.45, 2.75) is 20.1 Å². The zero-order chi connectivity index (χ0) is 19.2. The average Bonchev–Trinajstić information content (AvgIpc) is 2.76. The van der Waals surface area contributed by atoms with E-state index in [4.69, 9.17) is 4.74 Å². The highest BCUT2D eigenvalue weighted by atomic mass is 16.5. The summed E-state index contributed by atoms with van der Waals surface area (Å²) in [4.78, 5) is 4.64. The molecular formula is C26H23NO. The summed E-state index contributed by atoms with van der Waals surface area (Å²) in [5, 5.41) is 2.58. The van der Waals surface area contributed by atoms with Crippen molar-refractivity contribution in [3.63, 3.8) is 0 Å². The van der Waals surface area contributed by atoms with E-state index in [0.717, 1.165) is 11.3 Å². The maximum Gasteiger partial charge on any atom is 0.119 e. The fourth-order valence-corrected chi connectivity index (χ4v) is 3.28. The quantitative estimate of drug-likeness (QED) is 0.365. The lowest BCUT2D eigenvalue weighted by Crippen LogP contribution is -1.95. The first-order valence-corrected chi connectivity index (χ1v) is 9.53. The molecule has 0 fully saturated rings. The molecule has 4 aromatic rings. The predicted molar refractivity (Wildman–Crippen MR) is 117 cm³/mol. The van der Waals surface area contributed by atoms with Crippen LogP contribution < -0.4 is 4.74 Å². The van der Waals surface area contributed by atoms with Gasteiger partial charge >= 0.3 is 0 Å². The van der Waals surface area contributed by atoms with Crippen LogP contribution >= 0.6 is 0 Å². The molecule has 0 aromatic heterocycles. The highest BCUT2D eigenvalue weighted by Gasteiger charge is 2.02. The first kappa shape index (κ1) is 18.0. The summed E-state index contributed by atoms with van der Waals surface area (Å²) in [6, 6.07) is 31.1. The molecule has 4 rings (SSSR count). The highest BCUT2D eigenvalue weighted by molar-refractivity contribution is 5.86. The molecule has 4 aromatic carbocycles. The molecule has 0 aliphatic heterocycles. The molecule has 0 amide bonds. The Labute approximate surface area is 166 Å². The summed E-state index contributed by atoms with van der Waals surface area (Å²) in [5.41, 5.74) is 4.81. The molecule has 2 nitrogen and oxygen atoms in total. The third-order valence-corrected chi connectivity index (χ3v) is 4.94. The van der Waals surface area contributed by atoms with Gasteiger partial charge in [0, 0.05) is 6.21 Å². The van der Waals surface area contributed by atoms with Crippen molar-refractivity contribution in [2.24, 2.45) is 4.99 Å². The topological polar surface area (TPSA) is 21.6 Å². The van der Waals surface area contributed by atoms with Crippen LogP contribution in [-0.2, 0) is 13.2 Å². The van der Waals surface area contributed by atoms with Crippen molar-refractivity contribution in [2.75, 3.05) is 0 Å². The van der Waals surface area contributed by atoms with Gasteiger partial charge in [0.1, 0.15) is 12.4 Å². The van der Waals surface area contributed by atoms with Crippen molar-refractivity contribution in [1.29, 1.82) is 0 Å². The van der Waals surface area contributed by atoms with Crippen molar-refractivity contribution in [3.8, 4) is 5.75 Å². The molecule has 0 saturated heterocycles. The second-order valence-corrected chi connectivity index (χ2v) is 6.88. The van der Waals surface area contributed by atoms with Crippen molar-refractivity contribution in [3.05, 3.63) is 113 Å². The minimum absolute atomic E-state index is 0.579. The molecule has 0 saturated carbocycles. The monoisotopic (exact) mass is 365 g/mol. The van der Waals surface area contributed by atoms with Crippen LogP contribution in [0.1, 0.15) is 22.3 Å². The van der Waals surface area contributed by atoms with Crippen molar-refractivity contribution < 1.29 is 4.74 Å². The van der Waals surface area contributed by atoms with Gasteiger partial charge in [-0.2, -0.15) is 0 Å². The maximum atomic E-state index is 5.83. The summed E-state index contributed by atoms with van der Waals surface area (Å²) in [5.74, 6) is 0.867. The molecule has 0 spiro atoms. The van der Waals surface area contributed by atoms with E-state index < -0.39 is 0 Å².